The highest BCUT2D eigenvalue weighted by molar-refractivity contribution is 7.98. The number of likely N-dealkylation sites (N-methyl/N-ethyl adjacent to an activating group) is 1. The maximum Gasteiger partial charge on any atom is 0.264 e. The molecule has 4 rings (SSSR count). The molecule has 0 aromatic heterocycles. The molecule has 1 N–H and O–H groups in total. The van der Waals surface area contributed by atoms with Gasteiger partial charge >= 0.3 is 0 Å². The Morgan fingerprint density at radius 3 is 2.15 bits per heavy atom. The van der Waals surface area contributed by atoms with Crippen molar-refractivity contribution in [2.45, 2.75) is 42.6 Å². The van der Waals surface area contributed by atoms with E-state index in [0.29, 0.717) is 34.5 Å². The topological polar surface area (TPSA) is 96.0 Å². The quantitative estimate of drug-likeness (QED) is 0.132. The number of carbonyl (C=O) groups excluding carboxylic acids is 2. The standard InChI is InChI=1S/C35H37Cl2N3O5S2/c1-4-38-35(42)33(22-25-9-7-6-8-10-25)39(23-26-11-20-31(36)32(37)21-26)34(41)24-40(27-12-14-28(15-13-27)45-5-2)47(43,44)30-18-16-29(46-3)17-19-30/h6-21,33H,4-5,22-24H2,1-3H3,(H,38,42)/t33-/m0/s1. The first kappa shape index (κ1) is 36.1. The zero-order chi connectivity index (χ0) is 34.0. The van der Waals surface area contributed by atoms with Gasteiger partial charge in [0.15, 0.2) is 0 Å². The lowest BCUT2D eigenvalue weighted by molar-refractivity contribution is -0.140. The van der Waals surface area contributed by atoms with Crippen LogP contribution in [0.1, 0.15) is 25.0 Å². The summed E-state index contributed by atoms with van der Waals surface area (Å²) in [7, 11) is -4.24. The second-order valence-corrected chi connectivity index (χ2v) is 14.0. The largest absolute Gasteiger partial charge is 0.494 e. The number of carbonyl (C=O) groups is 2. The van der Waals surface area contributed by atoms with Gasteiger partial charge in [0, 0.05) is 24.4 Å². The van der Waals surface area contributed by atoms with E-state index >= 15 is 0 Å². The van der Waals surface area contributed by atoms with Gasteiger partial charge in [-0.2, -0.15) is 0 Å². The van der Waals surface area contributed by atoms with Crippen LogP contribution in [0.5, 0.6) is 5.75 Å². The Morgan fingerprint density at radius 2 is 1.55 bits per heavy atom. The van der Waals surface area contributed by atoms with E-state index in [0.717, 1.165) is 14.8 Å². The van der Waals surface area contributed by atoms with Gasteiger partial charge in [0.05, 0.1) is 27.2 Å². The summed E-state index contributed by atoms with van der Waals surface area (Å²) in [6.07, 6.45) is 2.10. The van der Waals surface area contributed by atoms with Gasteiger partial charge in [-0.3, -0.25) is 13.9 Å². The maximum absolute atomic E-state index is 14.5. The van der Waals surface area contributed by atoms with Gasteiger partial charge in [0.25, 0.3) is 10.0 Å². The number of nitrogens with one attached hydrogen (secondary N) is 1. The number of hydrogen-bond acceptors (Lipinski definition) is 6. The van der Waals surface area contributed by atoms with Crippen molar-refractivity contribution in [2.75, 3.05) is 30.3 Å². The van der Waals surface area contributed by atoms with Crippen LogP contribution < -0.4 is 14.4 Å². The van der Waals surface area contributed by atoms with E-state index in [1.807, 2.05) is 43.5 Å². The zero-order valence-corrected chi connectivity index (χ0v) is 29.5. The van der Waals surface area contributed by atoms with E-state index in [9.17, 15) is 18.0 Å². The van der Waals surface area contributed by atoms with Gasteiger partial charge in [-0.05, 0) is 91.9 Å². The molecule has 47 heavy (non-hydrogen) atoms. The van der Waals surface area contributed by atoms with E-state index in [2.05, 4.69) is 5.32 Å². The van der Waals surface area contributed by atoms with E-state index in [4.69, 9.17) is 27.9 Å². The van der Waals surface area contributed by atoms with Crippen LogP contribution in [0.15, 0.2) is 107 Å². The number of nitrogens with zero attached hydrogens (tertiary/aromatic N) is 2. The molecule has 0 aliphatic heterocycles. The molecule has 0 spiro atoms. The molecule has 0 bridgehead atoms. The molecule has 0 aliphatic carbocycles. The molecule has 248 valence electrons. The predicted octanol–water partition coefficient (Wildman–Crippen LogP) is 7.09. The van der Waals surface area contributed by atoms with Crippen molar-refractivity contribution < 1.29 is 22.7 Å². The molecule has 0 heterocycles. The Morgan fingerprint density at radius 1 is 0.872 bits per heavy atom. The fourth-order valence-electron chi connectivity index (χ4n) is 4.96. The number of amides is 2. The highest BCUT2D eigenvalue weighted by atomic mass is 35.5. The Labute approximate surface area is 291 Å². The van der Waals surface area contributed by atoms with Gasteiger partial charge in [-0.1, -0.05) is 59.6 Å². The highest BCUT2D eigenvalue weighted by Gasteiger charge is 2.34. The summed E-state index contributed by atoms with van der Waals surface area (Å²) in [6, 6.07) is 26.3. The molecular weight excluding hydrogens is 677 g/mol. The molecule has 4 aromatic carbocycles. The monoisotopic (exact) mass is 713 g/mol. The number of halogens is 2. The molecule has 0 unspecified atom stereocenters. The number of hydrogen-bond donors (Lipinski definition) is 1. The van der Waals surface area contributed by atoms with Crippen LogP contribution in [0.25, 0.3) is 0 Å². The number of ether oxygens (including phenoxy) is 1. The summed E-state index contributed by atoms with van der Waals surface area (Å²) in [4.78, 5) is 30.5. The number of sulfonamides is 1. The second kappa shape index (κ2) is 16.9. The van der Waals surface area contributed by atoms with Gasteiger partial charge in [0.1, 0.15) is 18.3 Å². The van der Waals surface area contributed by atoms with E-state index in [-0.39, 0.29) is 29.5 Å². The first-order valence-electron chi connectivity index (χ1n) is 15.0. The Hall–Kier alpha value is -3.70. The highest BCUT2D eigenvalue weighted by Crippen LogP contribution is 2.29. The van der Waals surface area contributed by atoms with Crippen molar-refractivity contribution in [1.29, 1.82) is 0 Å². The minimum Gasteiger partial charge on any atom is -0.494 e. The third kappa shape index (κ3) is 9.44. The van der Waals surface area contributed by atoms with E-state index < -0.39 is 28.5 Å². The summed E-state index contributed by atoms with van der Waals surface area (Å²) in [6.45, 7) is 3.83. The van der Waals surface area contributed by atoms with Crippen LogP contribution in [0, 0.1) is 0 Å². The van der Waals surface area contributed by atoms with Gasteiger partial charge < -0.3 is 15.0 Å². The van der Waals surface area contributed by atoms with Crippen molar-refractivity contribution in [3.8, 4) is 5.75 Å². The lowest BCUT2D eigenvalue weighted by atomic mass is 10.0. The van der Waals surface area contributed by atoms with Crippen molar-refractivity contribution in [1.82, 2.24) is 10.2 Å². The molecular formula is C35H37Cl2N3O5S2. The molecule has 0 saturated heterocycles. The van der Waals surface area contributed by atoms with Crippen LogP contribution in [0.3, 0.4) is 0 Å². The number of rotatable bonds is 15. The normalized spacial score (nSPS) is 11.9. The first-order valence-corrected chi connectivity index (χ1v) is 18.4. The van der Waals surface area contributed by atoms with Crippen LogP contribution >= 0.6 is 35.0 Å². The SMILES string of the molecule is CCNC(=O)[C@H](Cc1ccccc1)N(Cc1ccc(Cl)c(Cl)c1)C(=O)CN(c1ccc(OCC)cc1)S(=O)(=O)c1ccc(SC)cc1. The number of benzene rings is 4. The second-order valence-electron chi connectivity index (χ2n) is 10.5. The van der Waals surface area contributed by atoms with Crippen molar-refractivity contribution in [3.63, 3.8) is 0 Å². The lowest BCUT2D eigenvalue weighted by Crippen LogP contribution is -2.53. The van der Waals surface area contributed by atoms with E-state index in [1.165, 1.54) is 28.8 Å². The predicted molar refractivity (Wildman–Crippen MR) is 190 cm³/mol. The number of thioether (sulfide) groups is 1. The summed E-state index contributed by atoms with van der Waals surface area (Å²) in [5.41, 5.74) is 1.72. The average molecular weight is 715 g/mol. The molecule has 0 saturated carbocycles. The third-order valence-electron chi connectivity index (χ3n) is 7.32. The van der Waals surface area contributed by atoms with Crippen molar-refractivity contribution >= 4 is 62.5 Å². The Balaban J connectivity index is 1.81. The third-order valence-corrected chi connectivity index (χ3v) is 10.6. The molecule has 12 heteroatoms. The van der Waals surface area contributed by atoms with Crippen LogP contribution in [0.4, 0.5) is 5.69 Å². The van der Waals surface area contributed by atoms with Crippen LogP contribution in [-0.4, -0.2) is 57.1 Å². The van der Waals surface area contributed by atoms with Crippen LogP contribution in [0.2, 0.25) is 10.0 Å². The lowest BCUT2D eigenvalue weighted by Gasteiger charge is -2.34. The van der Waals surface area contributed by atoms with Gasteiger partial charge in [-0.25, -0.2) is 8.42 Å². The molecule has 0 fully saturated rings. The fraction of sp³-hybridized carbons (Fsp3) is 0.257. The summed E-state index contributed by atoms with van der Waals surface area (Å²) < 4.78 is 35.1. The minimum atomic E-state index is -4.24. The molecule has 8 nitrogen and oxygen atoms in total. The minimum absolute atomic E-state index is 0.0239. The zero-order valence-electron chi connectivity index (χ0n) is 26.4. The summed E-state index contributed by atoms with van der Waals surface area (Å²) in [5.74, 6) is -0.390. The van der Waals surface area contributed by atoms with Crippen molar-refractivity contribution in [2.24, 2.45) is 0 Å². The molecule has 0 radical (unpaired) electrons. The van der Waals surface area contributed by atoms with E-state index in [1.54, 1.807) is 61.5 Å². The maximum atomic E-state index is 14.5. The van der Waals surface area contributed by atoms with Gasteiger partial charge in [0.2, 0.25) is 11.8 Å². The average Bonchev–Trinajstić information content (AvgIpc) is 3.07. The first-order chi connectivity index (χ1) is 22.6. The van der Waals surface area contributed by atoms with Crippen molar-refractivity contribution in [3.05, 3.63) is 118 Å². The van der Waals surface area contributed by atoms with Crippen LogP contribution in [-0.2, 0) is 32.6 Å². The molecule has 1 atom stereocenters. The smallest absolute Gasteiger partial charge is 0.264 e. The van der Waals surface area contributed by atoms with Gasteiger partial charge in [-0.15, -0.1) is 11.8 Å². The molecule has 2 amide bonds. The summed E-state index contributed by atoms with van der Waals surface area (Å²) in [5, 5.41) is 3.49. The Bertz CT molecular complexity index is 1760. The summed E-state index contributed by atoms with van der Waals surface area (Å²) >= 11 is 14.0. The number of anilines is 1. The Kier molecular flexibility index (Phi) is 13.0. The molecule has 4 aromatic rings. The molecule has 0 aliphatic rings. The fourth-order valence-corrected chi connectivity index (χ4v) is 7.10.